The number of carbonyl (C=O) groups is 2. The monoisotopic (exact) mass is 632 g/mol. The third kappa shape index (κ3) is 6.14. The number of rotatable bonds is 16. The number of carbonyl (C=O) groups excluding carboxylic acids is 2. The van der Waals surface area contributed by atoms with Crippen LogP contribution < -0.4 is 0 Å². The number of hydrogen-bond acceptors (Lipinski definition) is 9. The van der Waals surface area contributed by atoms with Gasteiger partial charge in [-0.1, -0.05) is 96.8 Å². The van der Waals surface area contributed by atoms with Gasteiger partial charge in [-0.25, -0.2) is 4.79 Å². The molecule has 0 amide bonds. The standard InChI is InChI=1S/C36H56O9/c1-6-7-8-9-10-11-12-13-14-15-16-17-18-19-27(38)44-33(23(2)3)21-25(5)35(42)26-20-24(4)29(39)36(26,43)32(41)34(22-37)31(45-34)28(35)30(33)40/h18-20,25-26,28,30-32,37,40-43H,2,6-17,21-22H2,1,3-5H3/b19-18+/t25-,26+,28-,30-,31+,32-,33+,34+,35+,36-/m1/s1. The van der Waals surface area contributed by atoms with Crippen LogP contribution in [0.25, 0.3) is 0 Å². The minimum atomic E-state index is -2.46. The third-order valence-corrected chi connectivity index (χ3v) is 11.3. The number of ketones is 1. The van der Waals surface area contributed by atoms with Gasteiger partial charge in [-0.2, -0.15) is 0 Å². The van der Waals surface area contributed by atoms with Crippen LogP contribution >= 0.6 is 0 Å². The van der Waals surface area contributed by atoms with Crippen LogP contribution in [-0.4, -0.2) is 84.6 Å². The first-order chi connectivity index (χ1) is 21.3. The Morgan fingerprint density at radius 2 is 1.64 bits per heavy atom. The Morgan fingerprint density at radius 3 is 2.20 bits per heavy atom. The summed E-state index contributed by atoms with van der Waals surface area (Å²) in [5.41, 5.74) is -7.29. The molecule has 0 unspecified atom stereocenters. The van der Waals surface area contributed by atoms with Crippen molar-refractivity contribution in [1.29, 1.82) is 0 Å². The van der Waals surface area contributed by atoms with E-state index in [4.69, 9.17) is 9.47 Å². The average molecular weight is 633 g/mol. The van der Waals surface area contributed by atoms with Crippen molar-refractivity contribution < 1.29 is 44.6 Å². The molecule has 3 aliphatic carbocycles. The topological polar surface area (TPSA) is 157 Å². The summed E-state index contributed by atoms with van der Waals surface area (Å²) in [6.07, 6.45) is 14.3. The second-order valence-corrected chi connectivity index (χ2v) is 14.3. The SMILES string of the molecule is C=C(C)[C@@]1(OC(=O)/C=C/CCCCCCCCCCCCC)C[C@@H](C)[C@@]2(O)[C@H]([C@H]1O)[C@@H]1O[C@]1(CO)[C@@H](O)[C@]1(O)C(=O)C(C)=C[C@H]12. The number of ether oxygens (including phenoxy) is 2. The molecule has 0 aromatic heterocycles. The zero-order valence-electron chi connectivity index (χ0n) is 27.7. The Hall–Kier alpha value is -1.88. The molecular weight excluding hydrogens is 576 g/mol. The van der Waals surface area contributed by atoms with Crippen LogP contribution in [-0.2, 0) is 19.1 Å². The quantitative estimate of drug-likeness (QED) is 0.0552. The highest BCUT2D eigenvalue weighted by atomic mass is 16.6. The van der Waals surface area contributed by atoms with E-state index in [0.717, 1.165) is 19.3 Å². The van der Waals surface area contributed by atoms with Gasteiger partial charge in [0.1, 0.15) is 23.9 Å². The third-order valence-electron chi connectivity index (χ3n) is 11.3. The number of aliphatic hydroxyl groups excluding tert-OH is 3. The van der Waals surface area contributed by atoms with E-state index in [0.29, 0.717) is 5.57 Å². The first kappa shape index (κ1) is 36.0. The fourth-order valence-corrected chi connectivity index (χ4v) is 8.54. The largest absolute Gasteiger partial charge is 0.449 e. The van der Waals surface area contributed by atoms with Crippen LogP contribution in [0.15, 0.2) is 36.0 Å². The lowest BCUT2D eigenvalue weighted by atomic mass is 9.54. The van der Waals surface area contributed by atoms with E-state index < -0.39 is 76.8 Å². The molecule has 0 spiro atoms. The van der Waals surface area contributed by atoms with Crippen LogP contribution in [0.5, 0.6) is 0 Å². The second-order valence-electron chi connectivity index (χ2n) is 14.3. The fraction of sp³-hybridized carbons (Fsp3) is 0.778. The molecule has 0 aromatic carbocycles. The molecular formula is C36H56O9. The van der Waals surface area contributed by atoms with Crippen molar-refractivity contribution in [2.75, 3.05) is 6.61 Å². The van der Waals surface area contributed by atoms with Gasteiger partial charge in [0.15, 0.2) is 17.0 Å². The van der Waals surface area contributed by atoms with Gasteiger partial charge in [0.05, 0.1) is 12.2 Å². The molecule has 0 radical (unpaired) electrons. The van der Waals surface area contributed by atoms with Gasteiger partial charge in [-0.3, -0.25) is 4.79 Å². The summed E-state index contributed by atoms with van der Waals surface area (Å²) in [6, 6.07) is 0. The van der Waals surface area contributed by atoms with Crippen molar-refractivity contribution in [3.8, 4) is 0 Å². The van der Waals surface area contributed by atoms with Gasteiger partial charge in [0.25, 0.3) is 0 Å². The summed E-state index contributed by atoms with van der Waals surface area (Å²) in [6.45, 7) is 10.3. The molecule has 5 N–H and O–H groups in total. The Labute approximate surface area is 268 Å². The molecule has 3 fully saturated rings. The lowest BCUT2D eigenvalue weighted by Gasteiger charge is -2.57. The summed E-state index contributed by atoms with van der Waals surface area (Å²) >= 11 is 0. The number of unbranched alkanes of at least 4 members (excludes halogenated alkanes) is 11. The zero-order valence-corrected chi connectivity index (χ0v) is 27.7. The molecule has 45 heavy (non-hydrogen) atoms. The van der Waals surface area contributed by atoms with Crippen LogP contribution in [0.2, 0.25) is 0 Å². The Bertz CT molecular complexity index is 1160. The number of allylic oxidation sites excluding steroid dienone is 1. The predicted octanol–water partition coefficient (Wildman–Crippen LogP) is 4.23. The molecule has 10 atom stereocenters. The maximum Gasteiger partial charge on any atom is 0.331 e. The molecule has 0 bridgehead atoms. The average Bonchev–Trinajstić information content (AvgIpc) is 3.69. The number of aliphatic hydroxyl groups is 5. The van der Waals surface area contributed by atoms with Crippen molar-refractivity contribution in [3.05, 3.63) is 36.0 Å². The fourth-order valence-electron chi connectivity index (χ4n) is 8.54. The van der Waals surface area contributed by atoms with Crippen LogP contribution in [0.4, 0.5) is 0 Å². The van der Waals surface area contributed by atoms with Crippen molar-refractivity contribution in [1.82, 2.24) is 0 Å². The van der Waals surface area contributed by atoms with E-state index in [-0.39, 0.29) is 12.0 Å². The summed E-state index contributed by atoms with van der Waals surface area (Å²) in [5.74, 6) is -4.69. The number of fused-ring (bicyclic) bond motifs is 5. The number of epoxide rings is 1. The van der Waals surface area contributed by atoms with Gasteiger partial charge in [-0.15, -0.1) is 0 Å². The molecule has 0 aromatic rings. The number of esters is 1. The molecule has 1 heterocycles. The van der Waals surface area contributed by atoms with E-state index in [2.05, 4.69) is 13.5 Å². The lowest BCUT2D eigenvalue weighted by Crippen LogP contribution is -2.71. The van der Waals surface area contributed by atoms with Crippen LogP contribution in [0.3, 0.4) is 0 Å². The van der Waals surface area contributed by atoms with Gasteiger partial charge in [0.2, 0.25) is 0 Å². The first-order valence-corrected chi connectivity index (χ1v) is 17.2. The molecule has 1 saturated heterocycles. The van der Waals surface area contributed by atoms with E-state index in [1.54, 1.807) is 19.9 Å². The molecule has 254 valence electrons. The molecule has 9 nitrogen and oxygen atoms in total. The molecule has 4 rings (SSSR count). The normalized spacial score (nSPS) is 40.4. The van der Waals surface area contributed by atoms with Gasteiger partial charge < -0.3 is 35.0 Å². The van der Waals surface area contributed by atoms with Crippen molar-refractivity contribution in [2.45, 2.75) is 152 Å². The Morgan fingerprint density at radius 1 is 1.07 bits per heavy atom. The first-order valence-electron chi connectivity index (χ1n) is 17.2. The Kier molecular flexibility index (Phi) is 11.3. The van der Waals surface area contributed by atoms with E-state index in [9.17, 15) is 35.1 Å². The minimum Gasteiger partial charge on any atom is -0.449 e. The highest BCUT2D eigenvalue weighted by Gasteiger charge is 2.83. The van der Waals surface area contributed by atoms with E-state index in [1.807, 2.05) is 0 Å². The maximum absolute atomic E-state index is 13.2. The summed E-state index contributed by atoms with van der Waals surface area (Å²) in [4.78, 5) is 26.4. The van der Waals surface area contributed by atoms with Gasteiger partial charge in [-0.05, 0) is 50.2 Å². The molecule has 2 saturated carbocycles. The highest BCUT2D eigenvalue weighted by molar-refractivity contribution is 6.05. The van der Waals surface area contributed by atoms with E-state index >= 15 is 0 Å². The van der Waals surface area contributed by atoms with Gasteiger partial charge in [0, 0.05) is 17.9 Å². The maximum atomic E-state index is 13.2. The van der Waals surface area contributed by atoms with Crippen molar-refractivity contribution >= 4 is 11.8 Å². The second kappa shape index (κ2) is 14.1. The van der Waals surface area contributed by atoms with Crippen LogP contribution in [0.1, 0.15) is 111 Å². The summed E-state index contributed by atoms with van der Waals surface area (Å²) in [5, 5.41) is 57.8. The Balaban J connectivity index is 1.42. The van der Waals surface area contributed by atoms with Crippen LogP contribution in [0, 0.1) is 17.8 Å². The number of hydrogen-bond donors (Lipinski definition) is 5. The summed E-state index contributed by atoms with van der Waals surface area (Å²) in [7, 11) is 0. The smallest absolute Gasteiger partial charge is 0.331 e. The highest BCUT2D eigenvalue weighted by Crippen LogP contribution is 2.65. The molecule has 4 aliphatic rings. The van der Waals surface area contributed by atoms with Gasteiger partial charge >= 0.3 is 5.97 Å². The number of Topliss-reactive ketones (excluding diaryl/α,β-unsaturated/α-hetero) is 1. The lowest BCUT2D eigenvalue weighted by molar-refractivity contribution is -0.252. The summed E-state index contributed by atoms with van der Waals surface area (Å²) < 4.78 is 11.8. The van der Waals surface area contributed by atoms with E-state index in [1.165, 1.54) is 76.9 Å². The minimum absolute atomic E-state index is 0.0444. The molecule has 1 aliphatic heterocycles. The molecule has 9 heteroatoms. The van der Waals surface area contributed by atoms with Crippen molar-refractivity contribution in [3.63, 3.8) is 0 Å². The zero-order chi connectivity index (χ0) is 33.2. The predicted molar refractivity (Wildman–Crippen MR) is 170 cm³/mol. The van der Waals surface area contributed by atoms with Crippen molar-refractivity contribution in [2.24, 2.45) is 17.8 Å².